The molecule has 0 unspecified atom stereocenters. The normalized spacial score (nSPS) is 8.33. The number of carbonyl (C=O) groups is 1. The molecule has 0 aliphatic heterocycles. The summed E-state index contributed by atoms with van der Waals surface area (Å²) in [5.74, 6) is -0.729. The van der Waals surface area contributed by atoms with Crippen LogP contribution in [-0.2, 0) is 9.93 Å². The second-order valence-corrected chi connectivity index (χ2v) is 2.05. The summed E-state index contributed by atoms with van der Waals surface area (Å²) in [6, 6.07) is 8.20. The van der Waals surface area contributed by atoms with E-state index in [1.54, 1.807) is 30.3 Å². The van der Waals surface area contributed by atoms with E-state index in [-0.39, 0.29) is 0 Å². The largest absolute Gasteiger partial charge is 0.376 e. The molecule has 2 N–H and O–H groups in total. The van der Waals surface area contributed by atoms with Crippen molar-refractivity contribution in [3.8, 4) is 0 Å². The first-order valence-corrected chi connectivity index (χ1v) is 3.48. The summed E-state index contributed by atoms with van der Waals surface area (Å²) in [6.07, 6.45) is 0. The van der Waals surface area contributed by atoms with E-state index in [0.717, 1.165) is 0 Å². The zero-order valence-electron chi connectivity index (χ0n) is 7.27. The van der Waals surface area contributed by atoms with Crippen LogP contribution in [0.2, 0.25) is 0 Å². The highest BCUT2D eigenvalue weighted by molar-refractivity contribution is 5.88. The third-order valence-corrected chi connectivity index (χ3v) is 1.12. The molecule has 0 saturated carbocycles. The van der Waals surface area contributed by atoms with Gasteiger partial charge in [-0.1, -0.05) is 18.2 Å². The van der Waals surface area contributed by atoms with Crippen LogP contribution in [0, 0.1) is 10.1 Å². The second-order valence-electron chi connectivity index (χ2n) is 2.05. The molecule has 1 aromatic rings. The van der Waals surface area contributed by atoms with E-state index >= 15 is 0 Å². The van der Waals surface area contributed by atoms with Crippen molar-refractivity contribution in [2.45, 2.75) is 0 Å². The molecule has 8 nitrogen and oxygen atoms in total. The molecule has 0 amide bonds. The zero-order chi connectivity index (χ0) is 11.7. The predicted molar refractivity (Wildman–Crippen MR) is 44.4 cm³/mol. The van der Waals surface area contributed by atoms with E-state index in [1.807, 2.05) is 0 Å². The van der Waals surface area contributed by atoms with Crippen LogP contribution in [0.25, 0.3) is 0 Å². The maximum absolute atomic E-state index is 10.7. The smallest absolute Gasteiger partial charge is 0.328 e. The predicted octanol–water partition coefficient (Wildman–Crippen LogP) is 0.900. The van der Waals surface area contributed by atoms with E-state index in [4.69, 9.17) is 20.6 Å². The number of hydrogen-bond donors (Lipinski definition) is 2. The van der Waals surface area contributed by atoms with Gasteiger partial charge in [0.2, 0.25) is 0 Å². The molecule has 0 saturated heterocycles. The first-order chi connectivity index (χ1) is 7.07. The monoisotopic (exact) mass is 217 g/mol. The summed E-state index contributed by atoms with van der Waals surface area (Å²) in [6.45, 7) is 0. The minimum absolute atomic E-state index is 0.321. The molecule has 0 heterocycles. The first kappa shape index (κ1) is 12.8. The average Bonchev–Trinajstić information content (AvgIpc) is 2.19. The Bertz CT molecular complexity index is 308. The van der Waals surface area contributed by atoms with Gasteiger partial charge in [0.15, 0.2) is 0 Å². The Kier molecular flexibility index (Phi) is 6.18. The van der Waals surface area contributed by atoms with Gasteiger partial charge in [-0.15, -0.1) is 10.1 Å². The standard InChI is InChI=1S/C7H6O4.HNO3/c8-7(10-11-9)6-4-2-1-3-5-6;2-1(3)4/h1-5,9H;(H,2,3,4). The van der Waals surface area contributed by atoms with Gasteiger partial charge in [-0.3, -0.25) is 4.89 Å². The first-order valence-electron chi connectivity index (χ1n) is 3.48. The van der Waals surface area contributed by atoms with Crippen molar-refractivity contribution < 1.29 is 30.3 Å². The molecule has 0 spiro atoms. The van der Waals surface area contributed by atoms with Crippen molar-refractivity contribution in [2.24, 2.45) is 0 Å². The highest BCUT2D eigenvalue weighted by Gasteiger charge is 2.05. The number of benzene rings is 1. The van der Waals surface area contributed by atoms with Crippen LogP contribution in [0.5, 0.6) is 0 Å². The van der Waals surface area contributed by atoms with Crippen molar-refractivity contribution in [1.29, 1.82) is 0 Å². The van der Waals surface area contributed by atoms with Gasteiger partial charge in [-0.25, -0.2) is 10.1 Å². The maximum atomic E-state index is 10.7. The number of carbonyl (C=O) groups excluding carboxylic acids is 1. The summed E-state index contributed by atoms with van der Waals surface area (Å²) < 4.78 is 0. The lowest BCUT2D eigenvalue weighted by Gasteiger charge is -1.95. The summed E-state index contributed by atoms with van der Waals surface area (Å²) in [5.41, 5.74) is 0.321. The van der Waals surface area contributed by atoms with Crippen LogP contribution >= 0.6 is 0 Å². The van der Waals surface area contributed by atoms with Gasteiger partial charge in [-0.05, 0) is 17.2 Å². The molecule has 15 heavy (non-hydrogen) atoms. The fourth-order valence-electron chi connectivity index (χ4n) is 0.656. The molecule has 1 rings (SSSR count). The van der Waals surface area contributed by atoms with Crippen LogP contribution < -0.4 is 0 Å². The van der Waals surface area contributed by atoms with E-state index < -0.39 is 11.1 Å². The van der Waals surface area contributed by atoms with Crippen LogP contribution in [0.15, 0.2) is 30.3 Å². The molecule has 1 aromatic carbocycles. The van der Waals surface area contributed by atoms with Crippen LogP contribution in [0.4, 0.5) is 0 Å². The summed E-state index contributed by atoms with van der Waals surface area (Å²) in [5, 5.41) is 24.6. The highest BCUT2D eigenvalue weighted by Crippen LogP contribution is 2.00. The molecular weight excluding hydrogens is 210 g/mol. The van der Waals surface area contributed by atoms with Gasteiger partial charge in [-0.2, -0.15) is 0 Å². The Morgan fingerprint density at radius 3 is 2.20 bits per heavy atom. The maximum Gasteiger partial charge on any atom is 0.376 e. The number of rotatable bonds is 2. The topological polar surface area (TPSA) is 119 Å². The number of nitrogens with zero attached hydrogens (tertiary/aromatic N) is 1. The van der Waals surface area contributed by atoms with E-state index in [1.165, 1.54) is 0 Å². The van der Waals surface area contributed by atoms with E-state index in [2.05, 4.69) is 9.93 Å². The van der Waals surface area contributed by atoms with Crippen molar-refractivity contribution in [3.63, 3.8) is 0 Å². The third-order valence-electron chi connectivity index (χ3n) is 1.12. The van der Waals surface area contributed by atoms with Gasteiger partial charge in [0, 0.05) is 0 Å². The summed E-state index contributed by atoms with van der Waals surface area (Å²) in [4.78, 5) is 22.9. The Hall–Kier alpha value is -2.19. The lowest BCUT2D eigenvalue weighted by Crippen LogP contribution is -2.03. The van der Waals surface area contributed by atoms with E-state index in [9.17, 15) is 4.79 Å². The molecule has 82 valence electrons. The molecule has 0 atom stereocenters. The van der Waals surface area contributed by atoms with Crippen LogP contribution in [-0.4, -0.2) is 21.5 Å². The number of hydrogen-bond acceptors (Lipinski definition) is 6. The highest BCUT2D eigenvalue weighted by atomic mass is 17.5. The fraction of sp³-hybridized carbons (Fsp3) is 0. The Balaban J connectivity index is 0.000000423. The minimum atomic E-state index is -1.50. The molecule has 8 heteroatoms. The van der Waals surface area contributed by atoms with Crippen molar-refractivity contribution >= 4 is 5.97 Å². The van der Waals surface area contributed by atoms with Crippen molar-refractivity contribution in [3.05, 3.63) is 46.0 Å². The molecular formula is C7H7NO7. The Labute approximate surface area is 83.2 Å². The molecule has 0 aliphatic carbocycles. The Morgan fingerprint density at radius 2 is 1.80 bits per heavy atom. The zero-order valence-corrected chi connectivity index (χ0v) is 7.27. The second kappa shape index (κ2) is 7.24. The van der Waals surface area contributed by atoms with Gasteiger partial charge >= 0.3 is 5.97 Å². The lowest BCUT2D eigenvalue weighted by molar-refractivity contribution is -0.742. The Morgan fingerprint density at radius 1 is 1.33 bits per heavy atom. The summed E-state index contributed by atoms with van der Waals surface area (Å²) in [7, 11) is 0. The minimum Gasteiger partial charge on any atom is -0.328 e. The van der Waals surface area contributed by atoms with Gasteiger partial charge < -0.3 is 5.21 Å². The lowest BCUT2D eigenvalue weighted by atomic mass is 10.2. The SMILES string of the molecule is O=C(OOO)c1ccccc1.O=[N+]([O-])O. The van der Waals surface area contributed by atoms with Crippen molar-refractivity contribution in [2.75, 3.05) is 0 Å². The van der Waals surface area contributed by atoms with Crippen LogP contribution in [0.1, 0.15) is 10.4 Å². The fourth-order valence-corrected chi connectivity index (χ4v) is 0.656. The van der Waals surface area contributed by atoms with Crippen molar-refractivity contribution in [1.82, 2.24) is 0 Å². The average molecular weight is 217 g/mol. The third kappa shape index (κ3) is 6.93. The van der Waals surface area contributed by atoms with Gasteiger partial charge in [0.1, 0.15) is 0 Å². The molecule has 0 fully saturated rings. The molecule has 0 bridgehead atoms. The van der Waals surface area contributed by atoms with Gasteiger partial charge in [0.25, 0.3) is 5.09 Å². The molecule has 0 aromatic heterocycles. The van der Waals surface area contributed by atoms with E-state index in [0.29, 0.717) is 5.56 Å². The summed E-state index contributed by atoms with van der Waals surface area (Å²) >= 11 is 0. The quantitative estimate of drug-likeness (QED) is 0.429. The molecule has 0 aliphatic rings. The van der Waals surface area contributed by atoms with Crippen LogP contribution in [0.3, 0.4) is 0 Å². The van der Waals surface area contributed by atoms with Gasteiger partial charge in [0.05, 0.1) is 5.56 Å². The molecule has 0 radical (unpaired) electrons.